The first kappa shape index (κ1) is 19.6. The first-order valence-electron chi connectivity index (χ1n) is 10.0. The Balaban J connectivity index is 1.37. The number of carbonyl (C=O) groups excluding carboxylic acids is 1. The van der Waals surface area contributed by atoms with Crippen molar-refractivity contribution in [2.75, 3.05) is 25.0 Å². The number of rotatable bonds is 5. The zero-order chi connectivity index (χ0) is 20.2. The van der Waals surface area contributed by atoms with Gasteiger partial charge >= 0.3 is 0 Å². The molecule has 1 N–H and O–H groups in total. The number of nitrogens with zero attached hydrogens (tertiary/aromatic N) is 3. The predicted molar refractivity (Wildman–Crippen MR) is 118 cm³/mol. The van der Waals surface area contributed by atoms with Crippen molar-refractivity contribution in [3.05, 3.63) is 48.0 Å². The molecule has 1 aliphatic rings. The summed E-state index contributed by atoms with van der Waals surface area (Å²) < 4.78 is 1.19. The van der Waals surface area contributed by atoms with Crippen LogP contribution in [0.2, 0.25) is 0 Å². The van der Waals surface area contributed by atoms with E-state index in [1.54, 1.807) is 11.3 Å². The second kappa shape index (κ2) is 8.73. The van der Waals surface area contributed by atoms with Crippen molar-refractivity contribution in [1.82, 2.24) is 9.88 Å². The number of hydrogen-bond donors (Lipinski definition) is 1. The molecule has 1 saturated heterocycles. The van der Waals surface area contributed by atoms with Crippen molar-refractivity contribution in [1.29, 1.82) is 5.26 Å². The normalized spacial score (nSPS) is 15.3. The Labute approximate surface area is 175 Å². The van der Waals surface area contributed by atoms with Crippen LogP contribution in [0.25, 0.3) is 20.8 Å². The molecule has 2 heterocycles. The van der Waals surface area contributed by atoms with Crippen molar-refractivity contribution in [2.45, 2.75) is 26.2 Å². The number of nitriles is 1. The number of aromatic nitrogens is 1. The summed E-state index contributed by atoms with van der Waals surface area (Å²) in [5.41, 5.74) is 4.14. The number of fused-ring (bicyclic) bond motifs is 1. The number of amides is 1. The van der Waals surface area contributed by atoms with Crippen molar-refractivity contribution >= 4 is 33.1 Å². The van der Waals surface area contributed by atoms with E-state index in [4.69, 9.17) is 10.2 Å². The number of anilines is 1. The quantitative estimate of drug-likeness (QED) is 0.661. The summed E-state index contributed by atoms with van der Waals surface area (Å²) in [4.78, 5) is 19.6. The standard InChI is InChI=1S/C23H24N4OS/c1-16-3-8-20-21(15-16)29-23(26-20)18-4-6-19(7-5-18)25-22(28)17-9-13-27(14-10-17)12-2-11-24/h3-8,15,17H,2,9-10,12-14H2,1H3,(H,25,28). The lowest BCUT2D eigenvalue weighted by atomic mass is 9.95. The first-order valence-corrected chi connectivity index (χ1v) is 10.8. The van der Waals surface area contributed by atoms with Gasteiger partial charge in [0.1, 0.15) is 5.01 Å². The van der Waals surface area contributed by atoms with Gasteiger partial charge in [0.05, 0.1) is 16.3 Å². The van der Waals surface area contributed by atoms with Gasteiger partial charge in [-0.15, -0.1) is 11.3 Å². The third-order valence-corrected chi connectivity index (χ3v) is 6.51. The fourth-order valence-electron chi connectivity index (χ4n) is 3.72. The van der Waals surface area contributed by atoms with Gasteiger partial charge in [0.15, 0.2) is 0 Å². The molecule has 0 aliphatic carbocycles. The fraction of sp³-hybridized carbons (Fsp3) is 0.348. The molecule has 0 bridgehead atoms. The molecule has 1 aromatic heterocycles. The van der Waals surface area contributed by atoms with E-state index < -0.39 is 0 Å². The van der Waals surface area contributed by atoms with Crippen LogP contribution in [0.5, 0.6) is 0 Å². The van der Waals surface area contributed by atoms with Crippen LogP contribution in [0, 0.1) is 24.2 Å². The Kier molecular flexibility index (Phi) is 5.89. The molecule has 2 aromatic carbocycles. The van der Waals surface area contributed by atoms with Gasteiger partial charge in [-0.2, -0.15) is 5.26 Å². The van der Waals surface area contributed by atoms with Crippen molar-refractivity contribution in [2.24, 2.45) is 5.92 Å². The van der Waals surface area contributed by atoms with Crippen LogP contribution >= 0.6 is 11.3 Å². The average molecular weight is 405 g/mol. The maximum absolute atomic E-state index is 12.6. The largest absolute Gasteiger partial charge is 0.326 e. The number of aryl methyl sites for hydroxylation is 1. The SMILES string of the molecule is Cc1ccc2nc(-c3ccc(NC(=O)C4CCN(CCC#N)CC4)cc3)sc2c1. The Hall–Kier alpha value is -2.75. The maximum atomic E-state index is 12.6. The average Bonchev–Trinajstić information content (AvgIpc) is 3.16. The smallest absolute Gasteiger partial charge is 0.227 e. The molecule has 1 fully saturated rings. The Morgan fingerprint density at radius 1 is 1.24 bits per heavy atom. The number of benzene rings is 2. The summed E-state index contributed by atoms with van der Waals surface area (Å²) in [5.74, 6) is 0.133. The Bertz CT molecular complexity index is 1040. The highest BCUT2D eigenvalue weighted by molar-refractivity contribution is 7.21. The van der Waals surface area contributed by atoms with E-state index >= 15 is 0 Å². The molecule has 148 valence electrons. The second-order valence-electron chi connectivity index (χ2n) is 7.58. The highest BCUT2D eigenvalue weighted by Crippen LogP contribution is 2.31. The maximum Gasteiger partial charge on any atom is 0.227 e. The number of hydrogen-bond acceptors (Lipinski definition) is 5. The predicted octanol–water partition coefficient (Wildman–Crippen LogP) is 4.84. The summed E-state index contributed by atoms with van der Waals surface area (Å²) in [7, 11) is 0. The van der Waals surface area contributed by atoms with E-state index in [2.05, 4.69) is 41.4 Å². The number of piperidine rings is 1. The molecule has 0 atom stereocenters. The highest BCUT2D eigenvalue weighted by atomic mass is 32.1. The second-order valence-corrected chi connectivity index (χ2v) is 8.61. The lowest BCUT2D eigenvalue weighted by Crippen LogP contribution is -2.38. The van der Waals surface area contributed by atoms with Gasteiger partial charge in [0.25, 0.3) is 0 Å². The molecule has 29 heavy (non-hydrogen) atoms. The number of likely N-dealkylation sites (tertiary alicyclic amines) is 1. The third-order valence-electron chi connectivity index (χ3n) is 5.44. The minimum atomic E-state index is 0.0421. The van der Waals surface area contributed by atoms with E-state index in [-0.39, 0.29) is 11.8 Å². The molecule has 6 heteroatoms. The minimum absolute atomic E-state index is 0.0421. The first-order chi connectivity index (χ1) is 14.1. The molecule has 0 spiro atoms. The molecule has 0 unspecified atom stereocenters. The van der Waals surface area contributed by atoms with Gasteiger partial charge in [-0.05, 0) is 74.8 Å². The van der Waals surface area contributed by atoms with Crippen LogP contribution < -0.4 is 5.32 Å². The van der Waals surface area contributed by atoms with Crippen LogP contribution in [0.1, 0.15) is 24.8 Å². The molecular weight excluding hydrogens is 380 g/mol. The molecule has 5 nitrogen and oxygen atoms in total. The van der Waals surface area contributed by atoms with Gasteiger partial charge in [-0.3, -0.25) is 4.79 Å². The third kappa shape index (κ3) is 4.64. The fourth-order valence-corrected chi connectivity index (χ4v) is 4.79. The van der Waals surface area contributed by atoms with Crippen molar-refractivity contribution in [3.63, 3.8) is 0 Å². The summed E-state index contributed by atoms with van der Waals surface area (Å²) in [5, 5.41) is 12.7. The lowest BCUT2D eigenvalue weighted by Gasteiger charge is -2.30. The Morgan fingerprint density at radius 3 is 2.72 bits per heavy atom. The number of thiazole rings is 1. The summed E-state index contributed by atoms with van der Waals surface area (Å²) in [6.07, 6.45) is 2.25. The summed E-state index contributed by atoms with van der Waals surface area (Å²) in [6.45, 7) is 4.66. The molecular formula is C23H24N4OS. The van der Waals surface area contributed by atoms with E-state index in [0.29, 0.717) is 6.42 Å². The van der Waals surface area contributed by atoms with Gasteiger partial charge < -0.3 is 10.2 Å². The van der Waals surface area contributed by atoms with Crippen LogP contribution in [0.4, 0.5) is 5.69 Å². The zero-order valence-electron chi connectivity index (χ0n) is 16.5. The van der Waals surface area contributed by atoms with E-state index in [1.165, 1.54) is 10.3 Å². The number of carbonyl (C=O) groups is 1. The monoisotopic (exact) mass is 404 g/mol. The summed E-state index contributed by atoms with van der Waals surface area (Å²) in [6, 6.07) is 16.4. The topological polar surface area (TPSA) is 69.0 Å². The minimum Gasteiger partial charge on any atom is -0.326 e. The number of nitrogens with one attached hydrogen (secondary N) is 1. The lowest BCUT2D eigenvalue weighted by molar-refractivity contribution is -0.121. The molecule has 1 aliphatic heterocycles. The zero-order valence-corrected chi connectivity index (χ0v) is 17.3. The molecule has 3 aromatic rings. The van der Waals surface area contributed by atoms with Crippen LogP contribution in [-0.4, -0.2) is 35.4 Å². The van der Waals surface area contributed by atoms with Gasteiger partial charge in [0.2, 0.25) is 5.91 Å². The van der Waals surface area contributed by atoms with Crippen molar-refractivity contribution in [3.8, 4) is 16.6 Å². The van der Waals surface area contributed by atoms with Gasteiger partial charge in [-0.25, -0.2) is 4.98 Å². The Morgan fingerprint density at radius 2 is 2.00 bits per heavy atom. The van der Waals surface area contributed by atoms with Crippen molar-refractivity contribution < 1.29 is 4.79 Å². The van der Waals surface area contributed by atoms with Crippen LogP contribution in [0.15, 0.2) is 42.5 Å². The van der Waals surface area contributed by atoms with Gasteiger partial charge in [0, 0.05) is 30.1 Å². The molecule has 0 radical (unpaired) electrons. The molecule has 1 amide bonds. The van der Waals surface area contributed by atoms with E-state index in [0.717, 1.165) is 54.3 Å². The van der Waals surface area contributed by atoms with Gasteiger partial charge in [-0.1, -0.05) is 6.07 Å². The van der Waals surface area contributed by atoms with Crippen LogP contribution in [-0.2, 0) is 4.79 Å². The van der Waals surface area contributed by atoms with Crippen LogP contribution in [0.3, 0.4) is 0 Å². The molecule has 0 saturated carbocycles. The summed E-state index contributed by atoms with van der Waals surface area (Å²) >= 11 is 1.69. The molecule has 4 rings (SSSR count). The highest BCUT2D eigenvalue weighted by Gasteiger charge is 2.24. The van der Waals surface area contributed by atoms with E-state index in [1.807, 2.05) is 24.3 Å². The van der Waals surface area contributed by atoms with E-state index in [9.17, 15) is 4.79 Å².